The summed E-state index contributed by atoms with van der Waals surface area (Å²) < 4.78 is 25.6. The first kappa shape index (κ1) is 13.9. The highest BCUT2D eigenvalue weighted by molar-refractivity contribution is 7.92. The van der Waals surface area contributed by atoms with Crippen LogP contribution in [-0.4, -0.2) is 31.5 Å². The summed E-state index contributed by atoms with van der Waals surface area (Å²) >= 11 is 0. The molecule has 1 aliphatic heterocycles. The molecule has 0 aliphatic carbocycles. The fourth-order valence-electron chi connectivity index (χ4n) is 2.14. The molecule has 0 atom stereocenters. The van der Waals surface area contributed by atoms with Gasteiger partial charge in [0.2, 0.25) is 15.9 Å². The highest BCUT2D eigenvalue weighted by Crippen LogP contribution is 2.23. The lowest BCUT2D eigenvalue weighted by atomic mass is 9.99. The summed E-state index contributed by atoms with van der Waals surface area (Å²) in [4.78, 5) is 13.1. The van der Waals surface area contributed by atoms with Crippen molar-refractivity contribution in [3.8, 4) is 0 Å². The van der Waals surface area contributed by atoms with E-state index in [2.05, 4.69) is 4.72 Å². The van der Waals surface area contributed by atoms with E-state index in [1.165, 1.54) is 5.56 Å². The van der Waals surface area contributed by atoms with E-state index in [0.29, 0.717) is 12.2 Å². The molecule has 0 spiro atoms. The number of sulfonamides is 1. The van der Waals surface area contributed by atoms with E-state index in [9.17, 15) is 13.2 Å². The maximum atomic E-state index is 11.5. The van der Waals surface area contributed by atoms with Crippen molar-refractivity contribution < 1.29 is 13.2 Å². The first-order chi connectivity index (χ1) is 8.91. The second kappa shape index (κ2) is 5.21. The molecule has 2 rings (SSSR count). The van der Waals surface area contributed by atoms with Gasteiger partial charge in [-0.2, -0.15) is 0 Å². The molecule has 0 fully saturated rings. The minimum Gasteiger partial charge on any atom is -0.338 e. The predicted octanol–water partition coefficient (Wildman–Crippen LogP) is 1.35. The van der Waals surface area contributed by atoms with Crippen molar-refractivity contribution in [2.45, 2.75) is 26.8 Å². The second-order valence-corrected chi connectivity index (χ2v) is 6.69. The molecule has 1 aromatic rings. The van der Waals surface area contributed by atoms with E-state index in [1.54, 1.807) is 24.8 Å². The van der Waals surface area contributed by atoms with Gasteiger partial charge in [-0.1, -0.05) is 6.07 Å². The number of amides is 1. The molecule has 1 N–H and O–H groups in total. The van der Waals surface area contributed by atoms with Crippen LogP contribution >= 0.6 is 0 Å². The fraction of sp³-hybridized carbons (Fsp3) is 0.462. The lowest BCUT2D eigenvalue weighted by molar-refractivity contribution is -0.129. The van der Waals surface area contributed by atoms with Gasteiger partial charge >= 0.3 is 0 Å². The van der Waals surface area contributed by atoms with Gasteiger partial charge < -0.3 is 4.90 Å². The molecule has 0 saturated carbocycles. The zero-order chi connectivity index (χ0) is 14.0. The van der Waals surface area contributed by atoms with Crippen molar-refractivity contribution in [3.63, 3.8) is 0 Å². The number of anilines is 1. The van der Waals surface area contributed by atoms with Gasteiger partial charge in [-0.3, -0.25) is 9.52 Å². The molecule has 19 heavy (non-hydrogen) atoms. The van der Waals surface area contributed by atoms with Gasteiger partial charge in [-0.25, -0.2) is 8.42 Å². The average molecular weight is 282 g/mol. The molecule has 104 valence electrons. The number of rotatable bonds is 3. The summed E-state index contributed by atoms with van der Waals surface area (Å²) in [5, 5.41) is 0. The minimum atomic E-state index is -3.26. The standard InChI is InChI=1S/C13H18N2O3S/c1-3-19(17,18)14-13-5-4-11-6-7-15(10(2)16)9-12(11)8-13/h4-5,8,14H,3,6-7,9H2,1-2H3. The Kier molecular flexibility index (Phi) is 3.80. The molecular weight excluding hydrogens is 264 g/mol. The van der Waals surface area contributed by atoms with Crippen molar-refractivity contribution in [1.82, 2.24) is 4.90 Å². The van der Waals surface area contributed by atoms with Crippen molar-refractivity contribution >= 4 is 21.6 Å². The third-order valence-electron chi connectivity index (χ3n) is 3.32. The number of carbonyl (C=O) groups excluding carboxylic acids is 1. The van der Waals surface area contributed by atoms with Gasteiger partial charge in [0, 0.05) is 25.7 Å². The minimum absolute atomic E-state index is 0.0453. The molecule has 0 unspecified atom stereocenters. The Morgan fingerprint density at radius 2 is 2.11 bits per heavy atom. The third-order valence-corrected chi connectivity index (χ3v) is 4.62. The van der Waals surface area contributed by atoms with Crippen LogP contribution in [0.5, 0.6) is 0 Å². The van der Waals surface area contributed by atoms with Crippen LogP contribution in [0.25, 0.3) is 0 Å². The number of fused-ring (bicyclic) bond motifs is 1. The summed E-state index contributed by atoms with van der Waals surface area (Å²) in [6.45, 7) is 4.42. The van der Waals surface area contributed by atoms with Gasteiger partial charge in [0.1, 0.15) is 0 Å². The molecule has 0 saturated heterocycles. The highest BCUT2D eigenvalue weighted by Gasteiger charge is 2.18. The number of nitrogens with one attached hydrogen (secondary N) is 1. The molecule has 0 radical (unpaired) electrons. The first-order valence-corrected chi connectivity index (χ1v) is 7.94. The smallest absolute Gasteiger partial charge is 0.232 e. The van der Waals surface area contributed by atoms with Crippen molar-refractivity contribution in [1.29, 1.82) is 0 Å². The fourth-order valence-corrected chi connectivity index (χ4v) is 2.77. The predicted molar refractivity (Wildman–Crippen MR) is 74.3 cm³/mol. The van der Waals surface area contributed by atoms with E-state index in [4.69, 9.17) is 0 Å². The molecule has 1 aliphatic rings. The normalized spacial score (nSPS) is 14.9. The van der Waals surface area contributed by atoms with Crippen molar-refractivity contribution in [2.24, 2.45) is 0 Å². The van der Waals surface area contributed by atoms with Crippen LogP contribution in [-0.2, 0) is 27.8 Å². The first-order valence-electron chi connectivity index (χ1n) is 6.29. The van der Waals surface area contributed by atoms with E-state index >= 15 is 0 Å². The Balaban J connectivity index is 2.24. The van der Waals surface area contributed by atoms with Crippen LogP contribution < -0.4 is 4.72 Å². The van der Waals surface area contributed by atoms with Gasteiger partial charge in [0.25, 0.3) is 0 Å². The SMILES string of the molecule is CCS(=O)(=O)Nc1ccc2c(c1)CN(C(C)=O)CC2. The van der Waals surface area contributed by atoms with Gasteiger partial charge in [-0.05, 0) is 36.6 Å². The molecule has 6 heteroatoms. The van der Waals surface area contributed by atoms with Crippen molar-refractivity contribution in [2.75, 3.05) is 17.0 Å². The summed E-state index contributed by atoms with van der Waals surface area (Å²) in [7, 11) is -3.26. The molecule has 0 aromatic heterocycles. The van der Waals surface area contributed by atoms with E-state index < -0.39 is 10.0 Å². The third kappa shape index (κ3) is 3.26. The number of nitrogens with zero attached hydrogens (tertiary/aromatic N) is 1. The molecule has 1 amide bonds. The highest BCUT2D eigenvalue weighted by atomic mass is 32.2. The average Bonchev–Trinajstić information content (AvgIpc) is 2.37. The zero-order valence-electron chi connectivity index (χ0n) is 11.1. The van der Waals surface area contributed by atoms with Crippen LogP contribution in [0.2, 0.25) is 0 Å². The lowest BCUT2D eigenvalue weighted by Gasteiger charge is -2.28. The molecule has 1 heterocycles. The Labute approximate surface area is 113 Å². The molecular formula is C13H18N2O3S. The Bertz CT molecular complexity index is 596. The number of hydrogen-bond donors (Lipinski definition) is 1. The van der Waals surface area contributed by atoms with Gasteiger partial charge in [0.15, 0.2) is 0 Å². The Morgan fingerprint density at radius 1 is 1.37 bits per heavy atom. The topological polar surface area (TPSA) is 66.5 Å². The zero-order valence-corrected chi connectivity index (χ0v) is 12.0. The van der Waals surface area contributed by atoms with Gasteiger partial charge in [-0.15, -0.1) is 0 Å². The lowest BCUT2D eigenvalue weighted by Crippen LogP contribution is -2.34. The van der Waals surface area contributed by atoms with Crippen LogP contribution in [0.1, 0.15) is 25.0 Å². The van der Waals surface area contributed by atoms with Crippen molar-refractivity contribution in [3.05, 3.63) is 29.3 Å². The van der Waals surface area contributed by atoms with E-state index in [1.807, 2.05) is 12.1 Å². The van der Waals surface area contributed by atoms with Crippen LogP contribution in [0, 0.1) is 0 Å². The molecule has 1 aromatic carbocycles. The maximum absolute atomic E-state index is 11.5. The number of hydrogen-bond acceptors (Lipinski definition) is 3. The second-order valence-electron chi connectivity index (χ2n) is 4.68. The molecule has 0 bridgehead atoms. The maximum Gasteiger partial charge on any atom is 0.232 e. The largest absolute Gasteiger partial charge is 0.338 e. The summed E-state index contributed by atoms with van der Waals surface area (Å²) in [6.07, 6.45) is 0.815. The van der Waals surface area contributed by atoms with E-state index in [-0.39, 0.29) is 11.7 Å². The van der Waals surface area contributed by atoms with E-state index in [0.717, 1.165) is 18.5 Å². The van der Waals surface area contributed by atoms with Crippen LogP contribution in [0.15, 0.2) is 18.2 Å². The Morgan fingerprint density at radius 3 is 2.74 bits per heavy atom. The summed E-state index contributed by atoms with van der Waals surface area (Å²) in [5.41, 5.74) is 2.75. The molecule has 5 nitrogen and oxygen atoms in total. The number of carbonyl (C=O) groups is 1. The monoisotopic (exact) mass is 282 g/mol. The van der Waals surface area contributed by atoms with Crippen LogP contribution in [0.3, 0.4) is 0 Å². The number of benzene rings is 1. The van der Waals surface area contributed by atoms with Crippen LogP contribution in [0.4, 0.5) is 5.69 Å². The summed E-state index contributed by atoms with van der Waals surface area (Å²) in [5.74, 6) is 0.0918. The summed E-state index contributed by atoms with van der Waals surface area (Å²) in [6, 6.07) is 5.52. The van der Waals surface area contributed by atoms with Gasteiger partial charge in [0.05, 0.1) is 5.75 Å². The Hall–Kier alpha value is -1.56. The quantitative estimate of drug-likeness (QED) is 0.910.